The van der Waals surface area contributed by atoms with E-state index in [1.165, 1.54) is 48.2 Å². The Hall–Kier alpha value is -3.54. The summed E-state index contributed by atoms with van der Waals surface area (Å²) >= 11 is 12.4. The summed E-state index contributed by atoms with van der Waals surface area (Å²) in [4.78, 5) is 28.1. The SMILES string of the molecule is CC(C)NC(=O)[C@H](C)N(Cc1ccc(Cl)cc1Cl)C(=O)CN(c1ccc(F)cc1)S(=O)(=O)c1ccc2c(c1)OCCO2. The molecule has 0 fully saturated rings. The average Bonchev–Trinajstić information content (AvgIpc) is 2.95. The van der Waals surface area contributed by atoms with Crippen LogP contribution in [0, 0.1) is 5.82 Å². The van der Waals surface area contributed by atoms with Crippen LogP contribution in [0.25, 0.3) is 0 Å². The maximum atomic E-state index is 14.0. The first kappa shape index (κ1) is 31.4. The second kappa shape index (κ2) is 13.2. The molecule has 224 valence electrons. The summed E-state index contributed by atoms with van der Waals surface area (Å²) in [6, 6.07) is 12.4. The van der Waals surface area contributed by atoms with Crippen molar-refractivity contribution in [2.75, 3.05) is 24.1 Å². The van der Waals surface area contributed by atoms with Gasteiger partial charge in [0.15, 0.2) is 11.5 Å². The second-order valence-electron chi connectivity index (χ2n) is 9.89. The highest BCUT2D eigenvalue weighted by atomic mass is 35.5. The van der Waals surface area contributed by atoms with E-state index >= 15 is 0 Å². The Morgan fingerprint density at radius 1 is 0.952 bits per heavy atom. The Balaban J connectivity index is 1.74. The van der Waals surface area contributed by atoms with Gasteiger partial charge in [-0.15, -0.1) is 0 Å². The van der Waals surface area contributed by atoms with E-state index in [-0.39, 0.29) is 40.5 Å². The zero-order valence-electron chi connectivity index (χ0n) is 23.1. The topological polar surface area (TPSA) is 105 Å². The maximum Gasteiger partial charge on any atom is 0.264 e. The van der Waals surface area contributed by atoms with Crippen molar-refractivity contribution in [3.8, 4) is 11.5 Å². The number of sulfonamides is 1. The summed E-state index contributed by atoms with van der Waals surface area (Å²) in [5.74, 6) is -1.09. The van der Waals surface area contributed by atoms with Crippen molar-refractivity contribution in [3.05, 3.63) is 82.1 Å². The van der Waals surface area contributed by atoms with Crippen molar-refractivity contribution in [2.45, 2.75) is 44.3 Å². The van der Waals surface area contributed by atoms with Gasteiger partial charge in [-0.3, -0.25) is 13.9 Å². The summed E-state index contributed by atoms with van der Waals surface area (Å²) in [7, 11) is -4.40. The van der Waals surface area contributed by atoms with Gasteiger partial charge in [0.25, 0.3) is 10.0 Å². The van der Waals surface area contributed by atoms with Crippen molar-refractivity contribution in [2.24, 2.45) is 0 Å². The predicted octanol–water partition coefficient (Wildman–Crippen LogP) is 5.04. The molecule has 13 heteroatoms. The van der Waals surface area contributed by atoms with Crippen LogP contribution < -0.4 is 19.1 Å². The number of carbonyl (C=O) groups is 2. The zero-order chi connectivity index (χ0) is 30.6. The fraction of sp³-hybridized carbons (Fsp3) is 0.310. The lowest BCUT2D eigenvalue weighted by atomic mass is 10.1. The molecule has 1 N–H and O–H groups in total. The average molecular weight is 639 g/mol. The van der Waals surface area contributed by atoms with Gasteiger partial charge in [-0.05, 0) is 74.9 Å². The van der Waals surface area contributed by atoms with Crippen LogP contribution in [0.4, 0.5) is 10.1 Å². The fourth-order valence-electron chi connectivity index (χ4n) is 4.27. The van der Waals surface area contributed by atoms with E-state index in [0.717, 1.165) is 16.4 Å². The second-order valence-corrected chi connectivity index (χ2v) is 12.6. The monoisotopic (exact) mass is 637 g/mol. The highest BCUT2D eigenvalue weighted by Crippen LogP contribution is 2.34. The predicted molar refractivity (Wildman–Crippen MR) is 158 cm³/mol. The number of fused-ring (bicyclic) bond motifs is 1. The number of rotatable bonds is 10. The molecule has 3 aromatic rings. The number of benzene rings is 3. The van der Waals surface area contributed by atoms with Crippen LogP contribution in [0.1, 0.15) is 26.3 Å². The van der Waals surface area contributed by atoms with Crippen LogP contribution >= 0.6 is 23.2 Å². The van der Waals surface area contributed by atoms with Crippen LogP contribution in [-0.2, 0) is 26.2 Å². The van der Waals surface area contributed by atoms with Crippen LogP contribution in [0.15, 0.2) is 65.6 Å². The van der Waals surface area contributed by atoms with E-state index < -0.39 is 40.2 Å². The fourth-order valence-corrected chi connectivity index (χ4v) is 6.17. The highest BCUT2D eigenvalue weighted by Gasteiger charge is 2.33. The molecule has 42 heavy (non-hydrogen) atoms. The molecule has 0 spiro atoms. The van der Waals surface area contributed by atoms with Gasteiger partial charge in [0.1, 0.15) is 31.6 Å². The van der Waals surface area contributed by atoms with Gasteiger partial charge in [0.05, 0.1) is 10.6 Å². The van der Waals surface area contributed by atoms with Crippen LogP contribution in [0.3, 0.4) is 0 Å². The summed E-state index contributed by atoms with van der Waals surface area (Å²) in [6.07, 6.45) is 0. The number of ether oxygens (including phenoxy) is 2. The standard InChI is InChI=1S/C29H30Cl2FN3O6S/c1-18(2)33-29(37)19(3)34(16-20-4-5-21(30)14-25(20)31)28(36)17-35(23-8-6-22(32)7-9-23)42(38,39)24-10-11-26-27(15-24)41-13-12-40-26/h4-11,14-15,18-19H,12-13,16-17H2,1-3H3,(H,33,37)/t19-/m0/s1. The molecule has 2 amide bonds. The van der Waals surface area contributed by atoms with Gasteiger partial charge in [-0.2, -0.15) is 0 Å². The third kappa shape index (κ3) is 7.26. The molecule has 0 unspecified atom stereocenters. The largest absolute Gasteiger partial charge is 0.486 e. The number of halogens is 3. The number of amides is 2. The van der Waals surface area contributed by atoms with Gasteiger partial charge in [0, 0.05) is 28.7 Å². The summed E-state index contributed by atoms with van der Waals surface area (Å²) in [5.41, 5.74) is 0.546. The first-order valence-corrected chi connectivity index (χ1v) is 15.3. The van der Waals surface area contributed by atoms with Gasteiger partial charge >= 0.3 is 0 Å². The first-order chi connectivity index (χ1) is 19.9. The molecule has 0 saturated carbocycles. The van der Waals surface area contributed by atoms with E-state index in [9.17, 15) is 22.4 Å². The molecular formula is C29H30Cl2FN3O6S. The van der Waals surface area contributed by atoms with Gasteiger partial charge in [-0.1, -0.05) is 29.3 Å². The molecule has 1 aliphatic heterocycles. The molecular weight excluding hydrogens is 608 g/mol. The van der Waals surface area contributed by atoms with Crippen molar-refractivity contribution < 1.29 is 31.9 Å². The lowest BCUT2D eigenvalue weighted by Crippen LogP contribution is -2.52. The van der Waals surface area contributed by atoms with E-state index in [4.69, 9.17) is 32.7 Å². The minimum atomic E-state index is -4.40. The Kier molecular flexibility index (Phi) is 9.85. The number of carbonyl (C=O) groups excluding carboxylic acids is 2. The van der Waals surface area contributed by atoms with Gasteiger partial charge in [0.2, 0.25) is 11.8 Å². The molecule has 1 aliphatic rings. The molecule has 0 aliphatic carbocycles. The summed E-state index contributed by atoms with van der Waals surface area (Å²) in [5, 5.41) is 3.44. The molecule has 1 heterocycles. The first-order valence-electron chi connectivity index (χ1n) is 13.1. The maximum absolute atomic E-state index is 14.0. The molecule has 0 saturated heterocycles. The summed E-state index contributed by atoms with van der Waals surface area (Å²) in [6.45, 7) is 4.86. The van der Waals surface area contributed by atoms with E-state index in [1.807, 2.05) is 0 Å². The van der Waals surface area contributed by atoms with E-state index in [1.54, 1.807) is 26.0 Å². The Bertz CT molecular complexity index is 1570. The highest BCUT2D eigenvalue weighted by molar-refractivity contribution is 7.92. The normalized spacial score (nSPS) is 13.4. The van der Waals surface area contributed by atoms with Crippen molar-refractivity contribution >= 4 is 50.7 Å². The minimum Gasteiger partial charge on any atom is -0.486 e. The third-order valence-electron chi connectivity index (χ3n) is 6.45. The Labute approximate surface area is 254 Å². The Morgan fingerprint density at radius 2 is 1.62 bits per heavy atom. The lowest BCUT2D eigenvalue weighted by molar-refractivity contribution is -0.139. The molecule has 9 nitrogen and oxygen atoms in total. The number of nitrogens with zero attached hydrogens (tertiary/aromatic N) is 2. The van der Waals surface area contributed by atoms with Gasteiger partial charge < -0.3 is 19.7 Å². The number of nitrogens with one attached hydrogen (secondary N) is 1. The van der Waals surface area contributed by atoms with Crippen molar-refractivity contribution in [1.29, 1.82) is 0 Å². The van der Waals surface area contributed by atoms with Crippen LogP contribution in [0.2, 0.25) is 10.0 Å². The molecule has 0 radical (unpaired) electrons. The molecule has 0 aromatic heterocycles. The van der Waals surface area contributed by atoms with E-state index in [2.05, 4.69) is 5.32 Å². The third-order valence-corrected chi connectivity index (χ3v) is 8.81. The molecule has 1 atom stereocenters. The zero-order valence-corrected chi connectivity index (χ0v) is 25.5. The Morgan fingerprint density at radius 3 is 2.26 bits per heavy atom. The lowest BCUT2D eigenvalue weighted by Gasteiger charge is -2.32. The molecule has 3 aromatic carbocycles. The van der Waals surface area contributed by atoms with Crippen molar-refractivity contribution in [3.63, 3.8) is 0 Å². The minimum absolute atomic E-state index is 0.0448. The number of anilines is 1. The molecule has 0 bridgehead atoms. The number of hydrogen-bond acceptors (Lipinski definition) is 6. The van der Waals surface area contributed by atoms with Crippen molar-refractivity contribution in [1.82, 2.24) is 10.2 Å². The van der Waals surface area contributed by atoms with Crippen LogP contribution in [-0.4, -0.2) is 57.0 Å². The quantitative estimate of drug-likeness (QED) is 0.334. The molecule has 4 rings (SSSR count). The van der Waals surface area contributed by atoms with Gasteiger partial charge in [-0.25, -0.2) is 12.8 Å². The smallest absolute Gasteiger partial charge is 0.264 e. The summed E-state index contributed by atoms with van der Waals surface area (Å²) < 4.78 is 53.8. The number of hydrogen-bond donors (Lipinski definition) is 1. The van der Waals surface area contributed by atoms with Crippen LogP contribution in [0.5, 0.6) is 11.5 Å². The van der Waals surface area contributed by atoms with E-state index in [0.29, 0.717) is 22.9 Å².